The lowest BCUT2D eigenvalue weighted by molar-refractivity contribution is 0.0843. The maximum Gasteiger partial charge on any atom is 0.280 e. The van der Waals surface area contributed by atoms with E-state index in [1.165, 1.54) is 0 Å². The van der Waals surface area contributed by atoms with Crippen molar-refractivity contribution in [2.24, 2.45) is 0 Å². The molecule has 0 aliphatic heterocycles. The molecule has 0 atom stereocenters. The van der Waals surface area contributed by atoms with E-state index in [4.69, 9.17) is 0 Å². The molecule has 2 rings (SSSR count). The van der Waals surface area contributed by atoms with Gasteiger partial charge in [0.05, 0.1) is 0 Å². The lowest BCUT2D eigenvalue weighted by Crippen LogP contribution is -2.22. The first-order valence-corrected chi connectivity index (χ1v) is 5.18. The van der Waals surface area contributed by atoms with Gasteiger partial charge in [0.25, 0.3) is 11.8 Å². The molecule has 3 heteroatoms. The Morgan fingerprint density at radius 3 is 1.35 bits per heavy atom. The Kier molecular flexibility index (Phi) is 3.31. The lowest BCUT2D eigenvalue weighted by Gasteiger charge is -2.00. The summed E-state index contributed by atoms with van der Waals surface area (Å²) in [5.74, 6) is -1.03. The summed E-state index contributed by atoms with van der Waals surface area (Å²) in [6.45, 7) is 0. The molecule has 1 radical (unpaired) electrons. The SMILES string of the molecule is O=C([N]C(=O)c1ccccc1)c1ccccc1. The smallest absolute Gasteiger partial charge is 0.267 e. The highest BCUT2D eigenvalue weighted by atomic mass is 16.2. The fourth-order valence-corrected chi connectivity index (χ4v) is 1.38. The van der Waals surface area contributed by atoms with Crippen LogP contribution in [-0.2, 0) is 0 Å². The molecule has 0 fully saturated rings. The van der Waals surface area contributed by atoms with Crippen molar-refractivity contribution in [2.75, 3.05) is 0 Å². The van der Waals surface area contributed by atoms with Gasteiger partial charge < -0.3 is 0 Å². The Balaban J connectivity index is 2.08. The van der Waals surface area contributed by atoms with Gasteiger partial charge in [-0.15, -0.1) is 0 Å². The molecule has 0 unspecified atom stereocenters. The lowest BCUT2D eigenvalue weighted by atomic mass is 10.2. The number of nitrogens with zero attached hydrogens (tertiary/aromatic N) is 1. The number of amides is 2. The number of benzene rings is 2. The fourth-order valence-electron chi connectivity index (χ4n) is 1.38. The molecule has 0 N–H and O–H groups in total. The van der Waals surface area contributed by atoms with E-state index < -0.39 is 11.8 Å². The van der Waals surface area contributed by atoms with Crippen LogP contribution in [-0.4, -0.2) is 11.8 Å². The molecule has 0 bridgehead atoms. The molecule has 0 aromatic heterocycles. The van der Waals surface area contributed by atoms with Crippen molar-refractivity contribution in [1.29, 1.82) is 0 Å². The highest BCUT2D eigenvalue weighted by Gasteiger charge is 2.13. The van der Waals surface area contributed by atoms with E-state index in [0.717, 1.165) is 0 Å². The van der Waals surface area contributed by atoms with Gasteiger partial charge in [-0.05, 0) is 24.3 Å². The summed E-state index contributed by atoms with van der Waals surface area (Å²) in [4.78, 5) is 23.3. The van der Waals surface area contributed by atoms with E-state index in [9.17, 15) is 9.59 Å². The third-order valence-electron chi connectivity index (χ3n) is 2.24. The Labute approximate surface area is 99.1 Å². The summed E-state index contributed by atoms with van der Waals surface area (Å²) in [6.07, 6.45) is 0. The van der Waals surface area contributed by atoms with Crippen molar-refractivity contribution in [1.82, 2.24) is 5.32 Å². The molecular weight excluding hydrogens is 214 g/mol. The van der Waals surface area contributed by atoms with Crippen molar-refractivity contribution in [2.45, 2.75) is 0 Å². The second kappa shape index (κ2) is 5.07. The highest BCUT2D eigenvalue weighted by Crippen LogP contribution is 2.02. The van der Waals surface area contributed by atoms with Crippen LogP contribution in [0, 0.1) is 0 Å². The average molecular weight is 224 g/mol. The first-order chi connectivity index (χ1) is 8.27. The van der Waals surface area contributed by atoms with Gasteiger partial charge >= 0.3 is 0 Å². The molecule has 0 aliphatic carbocycles. The van der Waals surface area contributed by atoms with E-state index in [0.29, 0.717) is 11.1 Å². The Morgan fingerprint density at radius 2 is 1.00 bits per heavy atom. The standard InChI is InChI=1S/C14H10NO2/c16-13(11-7-3-1-4-8-11)15-14(17)12-9-5-2-6-10-12/h1-10H. The number of carbonyl (C=O) groups excluding carboxylic acids is 2. The first kappa shape index (κ1) is 11.1. The summed E-state index contributed by atoms with van der Waals surface area (Å²) in [5.41, 5.74) is 0.827. The summed E-state index contributed by atoms with van der Waals surface area (Å²) in [5, 5.41) is 3.54. The minimum Gasteiger partial charge on any atom is -0.267 e. The molecule has 2 aromatic rings. The Bertz CT molecular complexity index is 471. The molecule has 17 heavy (non-hydrogen) atoms. The number of imide groups is 1. The van der Waals surface area contributed by atoms with Crippen molar-refractivity contribution >= 4 is 11.8 Å². The van der Waals surface area contributed by atoms with E-state index in [1.807, 2.05) is 0 Å². The van der Waals surface area contributed by atoms with Crippen molar-refractivity contribution < 1.29 is 9.59 Å². The maximum atomic E-state index is 11.6. The molecule has 0 saturated heterocycles. The molecule has 0 saturated carbocycles. The van der Waals surface area contributed by atoms with Crippen LogP contribution >= 0.6 is 0 Å². The second-order valence-corrected chi connectivity index (χ2v) is 3.45. The Hall–Kier alpha value is -2.42. The number of rotatable bonds is 2. The molecule has 0 aliphatic rings. The summed E-state index contributed by atoms with van der Waals surface area (Å²) in [6, 6.07) is 17.0. The van der Waals surface area contributed by atoms with Gasteiger partial charge in [0.2, 0.25) is 0 Å². The van der Waals surface area contributed by atoms with Gasteiger partial charge in [-0.25, -0.2) is 0 Å². The van der Waals surface area contributed by atoms with Gasteiger partial charge in [0.1, 0.15) is 0 Å². The van der Waals surface area contributed by atoms with Crippen LogP contribution in [0.1, 0.15) is 20.7 Å². The predicted octanol–water partition coefficient (Wildman–Crippen LogP) is 2.27. The van der Waals surface area contributed by atoms with Crippen molar-refractivity contribution in [3.05, 3.63) is 71.8 Å². The normalized spacial score (nSPS) is 9.65. The van der Waals surface area contributed by atoms with Crippen LogP contribution < -0.4 is 5.32 Å². The second-order valence-electron chi connectivity index (χ2n) is 3.45. The van der Waals surface area contributed by atoms with Crippen LogP contribution in [0.2, 0.25) is 0 Å². The van der Waals surface area contributed by atoms with E-state index >= 15 is 0 Å². The van der Waals surface area contributed by atoms with Crippen LogP contribution in [0.5, 0.6) is 0 Å². The number of carbonyl (C=O) groups is 2. The van der Waals surface area contributed by atoms with Gasteiger partial charge in [-0.1, -0.05) is 36.4 Å². The molecule has 83 valence electrons. The molecule has 2 aromatic carbocycles. The molecule has 3 nitrogen and oxygen atoms in total. The average Bonchev–Trinajstić information content (AvgIpc) is 2.40. The van der Waals surface area contributed by atoms with E-state index in [-0.39, 0.29) is 0 Å². The van der Waals surface area contributed by atoms with Crippen LogP contribution in [0.25, 0.3) is 0 Å². The van der Waals surface area contributed by atoms with Crippen LogP contribution in [0.15, 0.2) is 60.7 Å². The van der Waals surface area contributed by atoms with Gasteiger partial charge in [-0.3, -0.25) is 9.59 Å². The molecule has 0 heterocycles. The first-order valence-electron chi connectivity index (χ1n) is 5.18. The van der Waals surface area contributed by atoms with E-state index in [1.54, 1.807) is 60.7 Å². The zero-order valence-electron chi connectivity index (χ0n) is 9.04. The minimum absolute atomic E-state index is 0.414. The third kappa shape index (κ3) is 2.78. The fraction of sp³-hybridized carbons (Fsp3) is 0. The minimum atomic E-state index is -0.514. The summed E-state index contributed by atoms with van der Waals surface area (Å²) >= 11 is 0. The van der Waals surface area contributed by atoms with Gasteiger partial charge in [-0.2, -0.15) is 5.32 Å². The monoisotopic (exact) mass is 224 g/mol. The zero-order valence-corrected chi connectivity index (χ0v) is 9.04. The van der Waals surface area contributed by atoms with Crippen molar-refractivity contribution in [3.63, 3.8) is 0 Å². The van der Waals surface area contributed by atoms with E-state index in [2.05, 4.69) is 5.32 Å². The Morgan fingerprint density at radius 1 is 0.647 bits per heavy atom. The van der Waals surface area contributed by atoms with Crippen molar-refractivity contribution in [3.8, 4) is 0 Å². The number of hydrogen-bond donors (Lipinski definition) is 0. The molecule has 2 amide bonds. The number of hydrogen-bond acceptors (Lipinski definition) is 2. The zero-order chi connectivity index (χ0) is 12.1. The maximum absolute atomic E-state index is 11.6. The molecule has 0 spiro atoms. The topological polar surface area (TPSA) is 48.2 Å². The van der Waals surface area contributed by atoms with Gasteiger partial charge in [0.15, 0.2) is 0 Å². The highest BCUT2D eigenvalue weighted by molar-refractivity contribution is 6.09. The van der Waals surface area contributed by atoms with Crippen LogP contribution in [0.4, 0.5) is 0 Å². The largest absolute Gasteiger partial charge is 0.280 e. The summed E-state index contributed by atoms with van der Waals surface area (Å²) < 4.78 is 0. The predicted molar refractivity (Wildman–Crippen MR) is 63.7 cm³/mol. The summed E-state index contributed by atoms with van der Waals surface area (Å²) in [7, 11) is 0. The van der Waals surface area contributed by atoms with Crippen LogP contribution in [0.3, 0.4) is 0 Å². The van der Waals surface area contributed by atoms with Gasteiger partial charge in [0, 0.05) is 11.1 Å². The quantitative estimate of drug-likeness (QED) is 0.735. The molecular formula is C14H10NO2. The third-order valence-corrected chi connectivity index (χ3v) is 2.24.